The highest BCUT2D eigenvalue weighted by atomic mass is 19.1. The number of ether oxygens (including phenoxy) is 1. The van der Waals surface area contributed by atoms with Crippen LogP contribution in [0.25, 0.3) is 11.3 Å². The number of anilines is 1. The number of amides is 2. The molecule has 0 radical (unpaired) electrons. The highest BCUT2D eigenvalue weighted by Gasteiger charge is 2.33. The predicted molar refractivity (Wildman–Crippen MR) is 138 cm³/mol. The van der Waals surface area contributed by atoms with Crippen molar-refractivity contribution in [3.63, 3.8) is 0 Å². The third-order valence-corrected chi connectivity index (χ3v) is 6.46. The zero-order chi connectivity index (χ0) is 26.2. The SMILES string of the molecule is CCn1cc(-c2nn3c(c2C(=O)N[C@H]2N=C(c4ccccc4)c4cccc(F)c4NC2=O)OCCC3)cn1. The van der Waals surface area contributed by atoms with Gasteiger partial charge in [-0.25, -0.2) is 14.1 Å². The molecule has 192 valence electrons. The Bertz CT molecular complexity index is 1570. The van der Waals surface area contributed by atoms with Gasteiger partial charge in [0.05, 0.1) is 24.2 Å². The molecule has 0 unspecified atom stereocenters. The quantitative estimate of drug-likeness (QED) is 0.425. The summed E-state index contributed by atoms with van der Waals surface area (Å²) in [6.45, 7) is 3.64. The van der Waals surface area contributed by atoms with Crippen LogP contribution in [-0.2, 0) is 17.9 Å². The van der Waals surface area contributed by atoms with Crippen molar-refractivity contribution in [3.05, 3.63) is 83.4 Å². The average molecular weight is 514 g/mol. The van der Waals surface area contributed by atoms with E-state index in [0.717, 1.165) is 6.42 Å². The largest absolute Gasteiger partial charge is 0.477 e. The molecular weight excluding hydrogens is 489 g/mol. The van der Waals surface area contributed by atoms with Crippen molar-refractivity contribution in [1.29, 1.82) is 0 Å². The van der Waals surface area contributed by atoms with Crippen molar-refractivity contribution < 1.29 is 18.7 Å². The first-order valence-corrected chi connectivity index (χ1v) is 12.3. The molecule has 2 aliphatic rings. The lowest BCUT2D eigenvalue weighted by Gasteiger charge is -2.17. The first-order valence-electron chi connectivity index (χ1n) is 12.3. The number of para-hydroxylation sites is 1. The van der Waals surface area contributed by atoms with E-state index < -0.39 is 23.8 Å². The number of carbonyl (C=O) groups excluding carboxylic acids is 2. The smallest absolute Gasteiger partial charge is 0.269 e. The molecule has 0 saturated carbocycles. The predicted octanol–water partition coefficient (Wildman–Crippen LogP) is 3.23. The van der Waals surface area contributed by atoms with Gasteiger partial charge in [0.25, 0.3) is 11.8 Å². The van der Waals surface area contributed by atoms with Crippen LogP contribution in [0.5, 0.6) is 5.88 Å². The van der Waals surface area contributed by atoms with E-state index in [4.69, 9.17) is 4.74 Å². The van der Waals surface area contributed by atoms with Crippen LogP contribution in [0.1, 0.15) is 34.8 Å². The van der Waals surface area contributed by atoms with Crippen molar-refractivity contribution in [2.45, 2.75) is 32.6 Å². The second kappa shape index (κ2) is 9.58. The molecule has 6 rings (SSSR count). The van der Waals surface area contributed by atoms with Gasteiger partial charge in [0, 0.05) is 42.4 Å². The van der Waals surface area contributed by atoms with Crippen LogP contribution >= 0.6 is 0 Å². The van der Waals surface area contributed by atoms with Crippen LogP contribution in [0.15, 0.2) is 65.9 Å². The van der Waals surface area contributed by atoms with Gasteiger partial charge in [-0.2, -0.15) is 10.2 Å². The molecule has 11 heteroatoms. The maximum Gasteiger partial charge on any atom is 0.269 e. The third-order valence-electron chi connectivity index (χ3n) is 6.46. The molecule has 2 N–H and O–H groups in total. The molecule has 4 heterocycles. The lowest BCUT2D eigenvalue weighted by atomic mass is 10.0. The molecule has 1 atom stereocenters. The number of aliphatic imine (C=N–C) groups is 1. The zero-order valence-electron chi connectivity index (χ0n) is 20.5. The Balaban J connectivity index is 1.42. The number of hydrogen-bond acceptors (Lipinski definition) is 6. The van der Waals surface area contributed by atoms with Gasteiger partial charge >= 0.3 is 0 Å². The molecule has 2 aliphatic heterocycles. The Morgan fingerprint density at radius 3 is 2.82 bits per heavy atom. The second-order valence-corrected chi connectivity index (χ2v) is 8.91. The van der Waals surface area contributed by atoms with E-state index >= 15 is 0 Å². The number of benzene rings is 2. The minimum Gasteiger partial charge on any atom is -0.477 e. The third kappa shape index (κ3) is 4.11. The molecule has 0 bridgehead atoms. The Morgan fingerprint density at radius 2 is 2.03 bits per heavy atom. The van der Waals surface area contributed by atoms with E-state index in [9.17, 15) is 14.0 Å². The standard InChI is InChI=1S/C27H24FN7O3/c1-2-34-15-17(14-29-34)22-20(27-35(33-22)12-7-13-38-27)25(36)32-24-26(37)31-23-18(10-6-11-19(23)28)21(30-24)16-8-4-3-5-9-16/h3-6,8-11,14-15,24H,2,7,12-13H2,1H3,(H,31,37)(H,32,36)/t24-/m1/s1. The molecule has 2 aromatic carbocycles. The van der Waals surface area contributed by atoms with Crippen molar-refractivity contribution in [3.8, 4) is 17.1 Å². The fourth-order valence-electron chi connectivity index (χ4n) is 4.61. The molecular formula is C27H24FN7O3. The van der Waals surface area contributed by atoms with Gasteiger partial charge in [0.15, 0.2) is 0 Å². The number of nitrogens with zero attached hydrogens (tertiary/aromatic N) is 5. The van der Waals surface area contributed by atoms with Crippen LogP contribution in [0.3, 0.4) is 0 Å². The molecule has 0 saturated heterocycles. The van der Waals surface area contributed by atoms with E-state index in [-0.39, 0.29) is 11.3 Å². The minimum atomic E-state index is -1.34. The first-order chi connectivity index (χ1) is 18.5. The Kier molecular flexibility index (Phi) is 5.95. The van der Waals surface area contributed by atoms with Crippen LogP contribution in [0, 0.1) is 5.82 Å². The van der Waals surface area contributed by atoms with Crippen molar-refractivity contribution >= 4 is 23.2 Å². The second-order valence-electron chi connectivity index (χ2n) is 8.91. The zero-order valence-corrected chi connectivity index (χ0v) is 20.5. The van der Waals surface area contributed by atoms with Crippen LogP contribution in [-0.4, -0.2) is 49.9 Å². The summed E-state index contributed by atoms with van der Waals surface area (Å²) in [5, 5.41) is 14.3. The summed E-state index contributed by atoms with van der Waals surface area (Å²) in [6, 6.07) is 13.6. The monoisotopic (exact) mass is 513 g/mol. The van der Waals surface area contributed by atoms with E-state index in [2.05, 4.69) is 25.8 Å². The lowest BCUT2D eigenvalue weighted by molar-refractivity contribution is -0.117. The summed E-state index contributed by atoms with van der Waals surface area (Å²) < 4.78 is 24.0. The topological polar surface area (TPSA) is 115 Å². The van der Waals surface area contributed by atoms with Gasteiger partial charge in [0.2, 0.25) is 12.0 Å². The Labute approximate surface area is 217 Å². The van der Waals surface area contributed by atoms with Gasteiger partial charge in [-0.3, -0.25) is 14.3 Å². The number of fused-ring (bicyclic) bond motifs is 2. The van der Waals surface area contributed by atoms with Gasteiger partial charge in [-0.15, -0.1) is 0 Å². The molecule has 2 aromatic heterocycles. The lowest BCUT2D eigenvalue weighted by Crippen LogP contribution is -2.42. The van der Waals surface area contributed by atoms with E-state index in [1.807, 2.05) is 37.3 Å². The molecule has 2 amide bonds. The number of halogens is 1. The average Bonchev–Trinajstić information content (AvgIpc) is 3.54. The molecule has 0 fully saturated rings. The summed E-state index contributed by atoms with van der Waals surface area (Å²) in [7, 11) is 0. The first kappa shape index (κ1) is 23.6. The molecule has 4 aromatic rings. The maximum atomic E-state index is 14.8. The van der Waals surface area contributed by atoms with Crippen LogP contribution < -0.4 is 15.4 Å². The number of aromatic nitrogens is 4. The van der Waals surface area contributed by atoms with Crippen molar-refractivity contribution in [2.75, 3.05) is 11.9 Å². The van der Waals surface area contributed by atoms with Crippen molar-refractivity contribution in [1.82, 2.24) is 24.9 Å². The highest BCUT2D eigenvalue weighted by molar-refractivity contribution is 6.20. The number of carbonyl (C=O) groups is 2. The molecule has 10 nitrogen and oxygen atoms in total. The number of aryl methyl sites for hydroxylation is 2. The van der Waals surface area contributed by atoms with Crippen LogP contribution in [0.4, 0.5) is 10.1 Å². The summed E-state index contributed by atoms with van der Waals surface area (Å²) in [4.78, 5) is 31.6. The van der Waals surface area contributed by atoms with Crippen LogP contribution in [0.2, 0.25) is 0 Å². The van der Waals surface area contributed by atoms with E-state index in [1.54, 1.807) is 33.9 Å². The number of rotatable bonds is 5. The van der Waals surface area contributed by atoms with Crippen molar-refractivity contribution in [2.24, 2.45) is 4.99 Å². The van der Waals surface area contributed by atoms with Gasteiger partial charge < -0.3 is 15.4 Å². The minimum absolute atomic E-state index is 0.00997. The normalized spacial score (nSPS) is 16.4. The Morgan fingerprint density at radius 1 is 1.18 bits per heavy atom. The summed E-state index contributed by atoms with van der Waals surface area (Å²) in [5.74, 6) is -1.53. The summed E-state index contributed by atoms with van der Waals surface area (Å²) in [5.41, 5.74) is 2.72. The van der Waals surface area contributed by atoms with E-state index in [1.165, 1.54) is 6.07 Å². The van der Waals surface area contributed by atoms with Gasteiger partial charge in [0.1, 0.15) is 17.1 Å². The molecule has 0 spiro atoms. The van der Waals surface area contributed by atoms with Gasteiger partial charge in [-0.1, -0.05) is 42.5 Å². The fraction of sp³-hybridized carbons (Fsp3) is 0.222. The summed E-state index contributed by atoms with van der Waals surface area (Å²) >= 11 is 0. The maximum absolute atomic E-state index is 14.8. The fourth-order valence-corrected chi connectivity index (χ4v) is 4.61. The molecule has 0 aliphatic carbocycles. The Hall–Kier alpha value is -4.80. The molecule has 38 heavy (non-hydrogen) atoms. The van der Waals surface area contributed by atoms with Gasteiger partial charge in [-0.05, 0) is 13.0 Å². The number of nitrogens with one attached hydrogen (secondary N) is 2. The number of benzodiazepines with no additional fused rings is 1. The highest BCUT2D eigenvalue weighted by Crippen LogP contribution is 2.33. The number of hydrogen-bond donors (Lipinski definition) is 2. The summed E-state index contributed by atoms with van der Waals surface area (Å²) in [6.07, 6.45) is 2.85. The van der Waals surface area contributed by atoms with E-state index in [0.29, 0.717) is 53.7 Å².